The van der Waals surface area contributed by atoms with Gasteiger partial charge in [0.25, 0.3) is 17.7 Å². The smallest absolute Gasteiger partial charge is 0.300 e. The van der Waals surface area contributed by atoms with Crippen molar-refractivity contribution in [1.82, 2.24) is 4.98 Å². The molecule has 0 atom stereocenters. The molecule has 6 nitrogen and oxygen atoms in total. The fraction of sp³-hybridized carbons (Fsp3) is 0.250. The topological polar surface area (TPSA) is 81.1 Å². The number of nitrogens with one attached hydrogen (secondary N) is 2. The van der Waals surface area contributed by atoms with Crippen LogP contribution in [0.1, 0.15) is 58.7 Å². The molecular weight excluding hydrogens is 512 g/mol. The third-order valence-corrected chi connectivity index (χ3v) is 6.93. The highest BCUT2D eigenvalue weighted by molar-refractivity contribution is 6.03. The minimum atomic E-state index is -3.02. The van der Waals surface area contributed by atoms with Crippen LogP contribution in [0, 0.1) is 26.0 Å². The van der Waals surface area contributed by atoms with Crippen LogP contribution in [-0.2, 0) is 5.92 Å². The number of alkyl halides is 2. The van der Waals surface area contributed by atoms with E-state index in [1.807, 2.05) is 39.0 Å². The summed E-state index contributed by atoms with van der Waals surface area (Å²) in [5.41, 5.74) is 5.74. The number of imidazole rings is 1. The Morgan fingerprint density at radius 2 is 1.80 bits per heavy atom. The Labute approximate surface area is 232 Å². The van der Waals surface area contributed by atoms with Gasteiger partial charge in [-0.2, -0.15) is 0 Å². The molecule has 2 N–H and O–H groups in total. The summed E-state index contributed by atoms with van der Waals surface area (Å²) in [5, 5.41) is 16.0. The average molecular weight is 546 g/mol. The number of hydrogen-bond acceptors (Lipinski definition) is 3. The molecule has 1 amide bonds. The fourth-order valence-electron chi connectivity index (χ4n) is 4.98. The first-order valence-electron chi connectivity index (χ1n) is 13.0. The second kappa shape index (κ2) is 11.3. The molecule has 40 heavy (non-hydrogen) atoms. The van der Waals surface area contributed by atoms with Crippen LogP contribution >= 0.6 is 0 Å². The molecule has 0 aliphatic heterocycles. The van der Waals surface area contributed by atoms with Gasteiger partial charge in [-0.25, -0.2) is 18.5 Å². The summed E-state index contributed by atoms with van der Waals surface area (Å²) in [6, 6.07) is 15.1. The molecule has 0 aliphatic carbocycles. The van der Waals surface area contributed by atoms with Gasteiger partial charge in [-0.05, 0) is 73.4 Å². The number of H-pyrrole nitrogens is 1. The Hall–Kier alpha value is -4.46. The maximum atomic E-state index is 14.2. The van der Waals surface area contributed by atoms with Crippen molar-refractivity contribution in [3.05, 3.63) is 99.5 Å². The van der Waals surface area contributed by atoms with Gasteiger partial charge in [0.1, 0.15) is 5.75 Å². The standard InChI is InChI=1S/C32H33F2N3O3/c1-7-10-22-15-19(3)28(20(4)16-22)26-17-23(13-14-27(26)40-6)30-35-21(5)29(37(30)39)31(38)36-25-12-9-11-24(18-25)32(33,34)8-2/h7,9-18,35H,8H2,1-6H3,(H,36,38). The molecule has 1 heterocycles. The summed E-state index contributed by atoms with van der Waals surface area (Å²) in [6.07, 6.45) is 3.66. The zero-order valence-corrected chi connectivity index (χ0v) is 23.5. The zero-order chi connectivity index (χ0) is 29.2. The predicted octanol–water partition coefficient (Wildman–Crippen LogP) is 7.70. The minimum absolute atomic E-state index is 0.150. The number of anilines is 1. The van der Waals surface area contributed by atoms with Gasteiger partial charge in [0, 0.05) is 30.2 Å². The number of methoxy groups -OCH3 is 1. The SMILES string of the molecule is CC=Cc1cc(C)c(-c2cc(-c3[nH]c(C)c(C(=O)Nc4cccc(C(F)(F)CC)c4)[n+]3[O-])ccc2OC)c(C)c1. The Balaban J connectivity index is 1.73. The van der Waals surface area contributed by atoms with Crippen LogP contribution in [0.2, 0.25) is 0 Å². The van der Waals surface area contributed by atoms with Crippen molar-refractivity contribution in [2.75, 3.05) is 12.4 Å². The molecule has 0 fully saturated rings. The number of carbonyl (C=O) groups excluding carboxylic acids is 1. The van der Waals surface area contributed by atoms with Gasteiger partial charge in [-0.1, -0.05) is 43.3 Å². The van der Waals surface area contributed by atoms with Gasteiger partial charge in [-0.15, -0.1) is 0 Å². The largest absolute Gasteiger partial charge is 0.710 e. The van der Waals surface area contributed by atoms with E-state index < -0.39 is 11.8 Å². The van der Waals surface area contributed by atoms with E-state index in [2.05, 4.69) is 22.4 Å². The molecular formula is C32H33F2N3O3. The molecule has 0 aliphatic rings. The number of halogens is 2. The van der Waals surface area contributed by atoms with E-state index in [1.165, 1.54) is 31.2 Å². The van der Waals surface area contributed by atoms with Gasteiger partial charge < -0.3 is 15.3 Å². The molecule has 0 saturated heterocycles. The van der Waals surface area contributed by atoms with Gasteiger partial charge >= 0.3 is 0 Å². The Morgan fingerprint density at radius 1 is 1.10 bits per heavy atom. The van der Waals surface area contributed by atoms with Gasteiger partial charge in [0.2, 0.25) is 5.69 Å². The van der Waals surface area contributed by atoms with Crippen LogP contribution in [0.3, 0.4) is 0 Å². The molecule has 4 aromatic rings. The number of aryl methyl sites for hydroxylation is 3. The van der Waals surface area contributed by atoms with Crippen molar-refractivity contribution >= 4 is 17.7 Å². The number of ether oxygens (including phenoxy) is 1. The Kier molecular flexibility index (Phi) is 8.09. The van der Waals surface area contributed by atoms with Crippen molar-refractivity contribution in [2.45, 2.75) is 47.0 Å². The number of aromatic nitrogens is 2. The monoisotopic (exact) mass is 545 g/mol. The molecule has 0 radical (unpaired) electrons. The number of rotatable bonds is 8. The third-order valence-electron chi connectivity index (χ3n) is 6.93. The number of amides is 1. The van der Waals surface area contributed by atoms with Crippen molar-refractivity contribution in [2.24, 2.45) is 0 Å². The van der Waals surface area contributed by atoms with Gasteiger partial charge in [0.15, 0.2) is 5.69 Å². The summed E-state index contributed by atoms with van der Waals surface area (Å²) in [7, 11) is 1.59. The number of allylic oxidation sites excluding steroid dienone is 1. The highest BCUT2D eigenvalue weighted by atomic mass is 19.3. The highest BCUT2D eigenvalue weighted by Crippen LogP contribution is 2.38. The lowest BCUT2D eigenvalue weighted by atomic mass is 9.91. The van der Waals surface area contributed by atoms with Crippen molar-refractivity contribution < 1.29 is 23.0 Å². The number of hydrogen-bond donors (Lipinski definition) is 2. The number of benzene rings is 3. The van der Waals surface area contributed by atoms with E-state index >= 15 is 0 Å². The highest BCUT2D eigenvalue weighted by Gasteiger charge is 2.30. The molecule has 0 saturated carbocycles. The summed E-state index contributed by atoms with van der Waals surface area (Å²) >= 11 is 0. The molecule has 1 aromatic heterocycles. The second-order valence-electron chi connectivity index (χ2n) is 9.78. The molecule has 0 unspecified atom stereocenters. The van der Waals surface area contributed by atoms with Crippen LogP contribution in [0.4, 0.5) is 14.5 Å². The Morgan fingerprint density at radius 3 is 2.42 bits per heavy atom. The van der Waals surface area contributed by atoms with Crippen molar-refractivity contribution in [3.63, 3.8) is 0 Å². The molecule has 3 aromatic carbocycles. The summed E-state index contributed by atoms with van der Waals surface area (Å²) in [4.78, 5) is 16.2. The maximum Gasteiger partial charge on any atom is 0.300 e. The van der Waals surface area contributed by atoms with Crippen LogP contribution in [-0.4, -0.2) is 18.0 Å². The first kappa shape index (κ1) is 28.5. The van der Waals surface area contributed by atoms with Crippen LogP contribution < -0.4 is 14.8 Å². The Bertz CT molecular complexity index is 1580. The van der Waals surface area contributed by atoms with Gasteiger partial charge in [-0.3, -0.25) is 4.79 Å². The number of aromatic amines is 1. The van der Waals surface area contributed by atoms with Crippen molar-refractivity contribution in [3.8, 4) is 28.3 Å². The van der Waals surface area contributed by atoms with E-state index in [-0.39, 0.29) is 29.2 Å². The quantitative estimate of drug-likeness (QED) is 0.176. The normalized spacial score (nSPS) is 11.7. The number of nitrogens with zero attached hydrogens (tertiary/aromatic N) is 1. The first-order chi connectivity index (χ1) is 19.0. The second-order valence-corrected chi connectivity index (χ2v) is 9.78. The van der Waals surface area contributed by atoms with E-state index in [0.29, 0.717) is 21.7 Å². The molecule has 0 spiro atoms. The third kappa shape index (κ3) is 5.47. The molecule has 0 bridgehead atoms. The van der Waals surface area contributed by atoms with E-state index in [0.717, 1.165) is 27.8 Å². The molecule has 208 valence electrons. The summed E-state index contributed by atoms with van der Waals surface area (Å²) in [5.74, 6) is -2.89. The predicted molar refractivity (Wildman–Crippen MR) is 155 cm³/mol. The summed E-state index contributed by atoms with van der Waals surface area (Å²) in [6.45, 7) is 9.04. The van der Waals surface area contributed by atoms with Gasteiger partial charge in [0.05, 0.1) is 12.7 Å². The lowest BCUT2D eigenvalue weighted by molar-refractivity contribution is -0.594. The van der Waals surface area contributed by atoms with E-state index in [9.17, 15) is 18.8 Å². The van der Waals surface area contributed by atoms with Crippen LogP contribution in [0.5, 0.6) is 5.75 Å². The van der Waals surface area contributed by atoms with E-state index in [4.69, 9.17) is 4.74 Å². The fourth-order valence-corrected chi connectivity index (χ4v) is 4.98. The number of carbonyl (C=O) groups is 1. The lowest BCUT2D eigenvalue weighted by Crippen LogP contribution is -2.36. The average Bonchev–Trinajstić information content (AvgIpc) is 3.22. The van der Waals surface area contributed by atoms with Crippen LogP contribution in [0.25, 0.3) is 28.6 Å². The first-order valence-corrected chi connectivity index (χ1v) is 13.0. The van der Waals surface area contributed by atoms with E-state index in [1.54, 1.807) is 26.2 Å². The minimum Gasteiger partial charge on any atom is -0.710 e. The molecule has 4 rings (SSSR count). The zero-order valence-electron chi connectivity index (χ0n) is 23.5. The van der Waals surface area contributed by atoms with Crippen LogP contribution in [0.15, 0.2) is 60.7 Å². The summed E-state index contributed by atoms with van der Waals surface area (Å²) < 4.78 is 34.5. The lowest BCUT2D eigenvalue weighted by Gasteiger charge is -2.16. The van der Waals surface area contributed by atoms with Crippen molar-refractivity contribution in [1.29, 1.82) is 0 Å². The molecule has 8 heteroatoms. The maximum absolute atomic E-state index is 14.2.